The fraction of sp³-hybridized carbons (Fsp3) is 0.562. The van der Waals surface area contributed by atoms with E-state index < -0.39 is 0 Å². The van der Waals surface area contributed by atoms with Gasteiger partial charge in [-0.25, -0.2) is 0 Å². The number of hydrogen-bond donors (Lipinski definition) is 1. The second-order valence-corrected chi connectivity index (χ2v) is 5.56. The molecule has 0 spiro atoms. The van der Waals surface area contributed by atoms with Gasteiger partial charge in [-0.15, -0.1) is 0 Å². The van der Waals surface area contributed by atoms with Crippen LogP contribution in [0.4, 0.5) is 0 Å². The summed E-state index contributed by atoms with van der Waals surface area (Å²) in [6.45, 7) is 3.46. The molecule has 3 rings (SSSR count). The summed E-state index contributed by atoms with van der Waals surface area (Å²) >= 11 is 0. The van der Waals surface area contributed by atoms with Crippen LogP contribution in [0.25, 0.3) is 0 Å². The molecule has 1 atom stereocenters. The van der Waals surface area contributed by atoms with Crippen molar-refractivity contribution in [2.45, 2.75) is 25.7 Å². The van der Waals surface area contributed by atoms with Crippen LogP contribution in [-0.4, -0.2) is 32.6 Å². The molecule has 1 saturated heterocycles. The fourth-order valence-corrected chi connectivity index (χ4v) is 3.00. The van der Waals surface area contributed by atoms with E-state index in [2.05, 4.69) is 5.32 Å². The van der Waals surface area contributed by atoms with E-state index in [1.165, 1.54) is 18.4 Å². The Hall–Kier alpha value is -1.55. The highest BCUT2D eigenvalue weighted by Crippen LogP contribution is 2.37. The van der Waals surface area contributed by atoms with E-state index >= 15 is 0 Å². The molecule has 1 aromatic carbocycles. The van der Waals surface area contributed by atoms with Crippen molar-refractivity contribution in [1.82, 2.24) is 5.32 Å². The molecule has 1 aromatic rings. The van der Waals surface area contributed by atoms with Gasteiger partial charge in [0.2, 0.25) is 0 Å². The first kappa shape index (κ1) is 13.4. The first-order chi connectivity index (χ1) is 9.88. The molecule has 2 aliphatic rings. The van der Waals surface area contributed by atoms with E-state index in [4.69, 9.17) is 9.47 Å². The first-order valence-electron chi connectivity index (χ1n) is 7.46. The Balaban J connectivity index is 1.88. The minimum absolute atomic E-state index is 0.590. The number of ether oxygens (including phenoxy) is 2. The third-order valence-corrected chi connectivity index (χ3v) is 4.04. The van der Waals surface area contributed by atoms with Crippen LogP contribution in [0.5, 0.6) is 11.5 Å². The van der Waals surface area contributed by atoms with E-state index in [9.17, 15) is 4.79 Å². The van der Waals surface area contributed by atoms with E-state index in [0.29, 0.717) is 30.4 Å². The molecular weight excluding hydrogens is 254 g/mol. The van der Waals surface area contributed by atoms with Crippen LogP contribution in [-0.2, 0) is 6.42 Å². The van der Waals surface area contributed by atoms with Gasteiger partial charge in [0.1, 0.15) is 0 Å². The summed E-state index contributed by atoms with van der Waals surface area (Å²) in [7, 11) is 0. The first-order valence-corrected chi connectivity index (χ1v) is 7.46. The maximum absolute atomic E-state index is 11.1. The van der Waals surface area contributed by atoms with E-state index in [1.54, 1.807) is 0 Å². The quantitative estimate of drug-likeness (QED) is 0.859. The zero-order valence-corrected chi connectivity index (χ0v) is 11.7. The lowest BCUT2D eigenvalue weighted by Crippen LogP contribution is -2.30. The summed E-state index contributed by atoms with van der Waals surface area (Å²) in [5.74, 6) is 2.07. The molecule has 1 N–H and O–H groups in total. The van der Waals surface area contributed by atoms with Crippen molar-refractivity contribution < 1.29 is 14.3 Å². The van der Waals surface area contributed by atoms with Crippen molar-refractivity contribution >= 4 is 6.29 Å². The minimum Gasteiger partial charge on any atom is -0.489 e. The van der Waals surface area contributed by atoms with Gasteiger partial charge in [0.15, 0.2) is 17.8 Å². The maximum Gasteiger partial charge on any atom is 0.171 e. The summed E-state index contributed by atoms with van der Waals surface area (Å²) in [6, 6.07) is 3.87. The largest absolute Gasteiger partial charge is 0.489 e. The Labute approximate surface area is 119 Å². The molecule has 20 heavy (non-hydrogen) atoms. The van der Waals surface area contributed by atoms with Gasteiger partial charge in [-0.3, -0.25) is 4.79 Å². The Morgan fingerprint density at radius 3 is 2.80 bits per heavy atom. The molecule has 0 aliphatic carbocycles. The summed E-state index contributed by atoms with van der Waals surface area (Å²) in [5.41, 5.74) is 1.76. The van der Waals surface area contributed by atoms with Crippen molar-refractivity contribution in [3.05, 3.63) is 23.3 Å². The third kappa shape index (κ3) is 2.80. The zero-order valence-electron chi connectivity index (χ0n) is 11.7. The normalized spacial score (nSPS) is 22.1. The van der Waals surface area contributed by atoms with Gasteiger partial charge in [0.25, 0.3) is 0 Å². The van der Waals surface area contributed by atoms with E-state index in [-0.39, 0.29) is 0 Å². The lowest BCUT2D eigenvalue weighted by molar-refractivity contribution is 0.111. The molecule has 108 valence electrons. The van der Waals surface area contributed by atoms with Crippen LogP contribution in [0.2, 0.25) is 0 Å². The van der Waals surface area contributed by atoms with Crippen molar-refractivity contribution in [3.63, 3.8) is 0 Å². The zero-order chi connectivity index (χ0) is 13.8. The van der Waals surface area contributed by atoms with Gasteiger partial charge >= 0.3 is 0 Å². The smallest absolute Gasteiger partial charge is 0.171 e. The number of piperidine rings is 1. The van der Waals surface area contributed by atoms with Gasteiger partial charge in [-0.05, 0) is 49.9 Å². The molecule has 0 saturated carbocycles. The number of hydrogen-bond acceptors (Lipinski definition) is 4. The Bertz CT molecular complexity index is 481. The molecule has 0 radical (unpaired) electrons. The number of benzene rings is 1. The van der Waals surface area contributed by atoms with Crippen molar-refractivity contribution in [2.75, 3.05) is 26.3 Å². The van der Waals surface area contributed by atoms with Crippen LogP contribution in [0.1, 0.15) is 35.2 Å². The molecular formula is C16H21NO3. The SMILES string of the molecule is O=Cc1ccc(CC2CCCNC2)c2c1OCCCO2. The number of fused-ring (bicyclic) bond motifs is 1. The molecule has 0 aromatic heterocycles. The number of rotatable bonds is 3. The van der Waals surface area contributed by atoms with Gasteiger partial charge in [0, 0.05) is 6.42 Å². The molecule has 1 unspecified atom stereocenters. The molecule has 0 amide bonds. The molecule has 2 aliphatic heterocycles. The van der Waals surface area contributed by atoms with Gasteiger partial charge in [0.05, 0.1) is 18.8 Å². The average molecular weight is 275 g/mol. The van der Waals surface area contributed by atoms with Crippen LogP contribution in [0.3, 0.4) is 0 Å². The fourth-order valence-electron chi connectivity index (χ4n) is 3.00. The van der Waals surface area contributed by atoms with Crippen molar-refractivity contribution in [2.24, 2.45) is 5.92 Å². The molecule has 0 bridgehead atoms. The Morgan fingerprint density at radius 1 is 1.20 bits per heavy atom. The van der Waals surface area contributed by atoms with Crippen LogP contribution < -0.4 is 14.8 Å². The second kappa shape index (κ2) is 6.27. The van der Waals surface area contributed by atoms with Crippen molar-refractivity contribution in [3.8, 4) is 11.5 Å². The monoisotopic (exact) mass is 275 g/mol. The van der Waals surface area contributed by atoms with E-state index in [1.807, 2.05) is 12.1 Å². The molecule has 2 heterocycles. The summed E-state index contributed by atoms with van der Waals surface area (Å²) in [4.78, 5) is 11.1. The third-order valence-electron chi connectivity index (χ3n) is 4.04. The van der Waals surface area contributed by atoms with Gasteiger partial charge in [-0.1, -0.05) is 6.07 Å². The molecule has 4 nitrogen and oxygen atoms in total. The highest BCUT2D eigenvalue weighted by molar-refractivity contribution is 5.82. The topological polar surface area (TPSA) is 47.6 Å². The van der Waals surface area contributed by atoms with Gasteiger partial charge < -0.3 is 14.8 Å². The van der Waals surface area contributed by atoms with Crippen LogP contribution >= 0.6 is 0 Å². The summed E-state index contributed by atoms with van der Waals surface area (Å²) in [6.07, 6.45) is 5.17. The number of carbonyl (C=O) groups is 1. The number of aldehydes is 1. The standard InChI is InChI=1S/C16H21NO3/c18-11-14-5-4-13(9-12-3-1-6-17-10-12)15-16(14)20-8-2-7-19-15/h4-5,11-12,17H,1-3,6-10H2. The van der Waals surface area contributed by atoms with Crippen LogP contribution in [0.15, 0.2) is 12.1 Å². The van der Waals surface area contributed by atoms with Crippen molar-refractivity contribution in [1.29, 1.82) is 0 Å². The number of nitrogens with one attached hydrogen (secondary N) is 1. The highest BCUT2D eigenvalue weighted by atomic mass is 16.5. The Kier molecular flexibility index (Phi) is 4.21. The van der Waals surface area contributed by atoms with E-state index in [0.717, 1.165) is 38.0 Å². The summed E-state index contributed by atoms with van der Waals surface area (Å²) < 4.78 is 11.6. The Morgan fingerprint density at radius 2 is 2.05 bits per heavy atom. The maximum atomic E-state index is 11.1. The lowest BCUT2D eigenvalue weighted by Gasteiger charge is -2.24. The van der Waals surface area contributed by atoms with Gasteiger partial charge in [-0.2, -0.15) is 0 Å². The molecule has 4 heteroatoms. The number of carbonyl (C=O) groups excluding carboxylic acids is 1. The summed E-state index contributed by atoms with van der Waals surface area (Å²) in [5, 5.41) is 3.44. The second-order valence-electron chi connectivity index (χ2n) is 5.56. The van der Waals surface area contributed by atoms with Crippen LogP contribution in [0, 0.1) is 5.92 Å². The predicted molar refractivity (Wildman–Crippen MR) is 76.7 cm³/mol. The minimum atomic E-state index is 0.590. The molecule has 1 fully saturated rings. The highest BCUT2D eigenvalue weighted by Gasteiger charge is 2.22. The average Bonchev–Trinajstić information content (AvgIpc) is 2.75. The predicted octanol–water partition coefficient (Wildman–Crippen LogP) is 2.20. The lowest BCUT2D eigenvalue weighted by atomic mass is 9.91.